The molecule has 0 amide bonds. The van der Waals surface area contributed by atoms with Gasteiger partial charge >= 0.3 is 11.9 Å². The highest BCUT2D eigenvalue weighted by atomic mass is 16.5. The molecule has 174 valence electrons. The van der Waals surface area contributed by atoms with Crippen LogP contribution in [0, 0.1) is 40.4 Å². The largest absolute Gasteiger partial charge is 0.463 e. The van der Waals surface area contributed by atoms with Gasteiger partial charge < -0.3 is 14.6 Å². The molecule has 10 atom stereocenters. The molecule has 0 unspecified atom stereocenters. The molecule has 6 heteroatoms. The van der Waals surface area contributed by atoms with Crippen molar-refractivity contribution in [3.8, 4) is 0 Å². The Balaban J connectivity index is 1.66. The first kappa shape index (κ1) is 22.8. The summed E-state index contributed by atoms with van der Waals surface area (Å²) in [6, 6.07) is 0. The Bertz CT molecular complexity index is 761. The molecule has 0 aromatic heterocycles. The van der Waals surface area contributed by atoms with Crippen molar-refractivity contribution in [3.63, 3.8) is 0 Å². The first-order valence-electron chi connectivity index (χ1n) is 12.0. The Labute approximate surface area is 185 Å². The summed E-state index contributed by atoms with van der Waals surface area (Å²) in [6.45, 7) is 9.06. The topological polar surface area (TPSA) is 89.9 Å². The number of carbonyl (C=O) groups excluding carboxylic acids is 3. The van der Waals surface area contributed by atoms with E-state index in [1.165, 1.54) is 13.8 Å². The Kier molecular flexibility index (Phi) is 5.77. The maximum atomic E-state index is 13.1. The molecule has 0 saturated heterocycles. The van der Waals surface area contributed by atoms with Crippen LogP contribution in [0.15, 0.2) is 0 Å². The minimum atomic E-state index is -0.747. The zero-order valence-electron chi connectivity index (χ0n) is 19.6. The number of fused-ring (bicyclic) bond motifs is 5. The quantitative estimate of drug-likeness (QED) is 0.682. The predicted octanol–water partition coefficient (Wildman–Crippen LogP) is 3.68. The summed E-state index contributed by atoms with van der Waals surface area (Å²) in [5.74, 6) is 0.482. The molecule has 0 aliphatic heterocycles. The third-order valence-electron chi connectivity index (χ3n) is 9.74. The second kappa shape index (κ2) is 7.86. The second-order valence-corrected chi connectivity index (χ2v) is 11.3. The monoisotopic (exact) mass is 434 g/mol. The SMILES string of the molecule is CC(=O)O[C@H]1CC[C@@]2(C)[C@@H](CC[C@@H]3[C@@H]2C[C@@H](OC(C)=O)[C@]2(C)[C@@H]([C@H](C)O)C(=O)C[C@@H]32)C1. The summed E-state index contributed by atoms with van der Waals surface area (Å²) < 4.78 is 11.5. The average Bonchev–Trinajstić information content (AvgIpc) is 2.93. The molecule has 0 radical (unpaired) electrons. The molecular weight excluding hydrogens is 396 g/mol. The zero-order valence-corrected chi connectivity index (χ0v) is 19.6. The molecule has 0 heterocycles. The highest BCUT2D eigenvalue weighted by Crippen LogP contribution is 2.67. The fourth-order valence-electron chi connectivity index (χ4n) is 8.51. The van der Waals surface area contributed by atoms with E-state index in [2.05, 4.69) is 13.8 Å². The minimum absolute atomic E-state index is 0.00192. The van der Waals surface area contributed by atoms with Gasteiger partial charge in [0.1, 0.15) is 18.0 Å². The highest BCUT2D eigenvalue weighted by Gasteiger charge is 2.67. The van der Waals surface area contributed by atoms with E-state index in [-0.39, 0.29) is 41.3 Å². The number of aliphatic hydroxyl groups excluding tert-OH is 1. The summed E-state index contributed by atoms with van der Waals surface area (Å²) in [5, 5.41) is 10.5. The summed E-state index contributed by atoms with van der Waals surface area (Å²) in [4.78, 5) is 36.6. The van der Waals surface area contributed by atoms with E-state index in [1.54, 1.807) is 6.92 Å². The van der Waals surface area contributed by atoms with E-state index in [9.17, 15) is 19.5 Å². The van der Waals surface area contributed by atoms with E-state index in [4.69, 9.17) is 9.47 Å². The number of esters is 2. The fourth-order valence-corrected chi connectivity index (χ4v) is 8.51. The number of ketones is 1. The maximum absolute atomic E-state index is 13.1. The molecule has 1 N–H and O–H groups in total. The molecule has 0 aromatic rings. The molecule has 4 rings (SSSR count). The molecule has 4 aliphatic carbocycles. The van der Waals surface area contributed by atoms with Crippen molar-refractivity contribution in [2.24, 2.45) is 40.4 Å². The standard InChI is InChI=1S/C25H38O6/c1-13(26)23-21(29)11-20-18-7-6-16-10-17(30-14(2)27)8-9-24(16,4)19(18)12-22(25(20,23)5)31-15(3)28/h13,16-20,22-23,26H,6-12H2,1-5H3/t13-,16-,17-,18+,19-,20-,22+,23-,24-,25+/m0/s1. The van der Waals surface area contributed by atoms with Crippen LogP contribution >= 0.6 is 0 Å². The van der Waals surface area contributed by atoms with Crippen molar-refractivity contribution >= 4 is 17.7 Å². The number of Topliss-reactive ketones (excluding diaryl/α,β-unsaturated/α-hetero) is 1. The molecule has 0 spiro atoms. The van der Waals surface area contributed by atoms with Gasteiger partial charge in [0, 0.05) is 25.7 Å². The second-order valence-electron chi connectivity index (χ2n) is 11.3. The molecule has 6 nitrogen and oxygen atoms in total. The molecule has 31 heavy (non-hydrogen) atoms. The molecule has 4 saturated carbocycles. The summed E-state index contributed by atoms with van der Waals surface area (Å²) in [6.07, 6.45) is 4.99. The van der Waals surface area contributed by atoms with E-state index >= 15 is 0 Å². The third kappa shape index (κ3) is 3.53. The molecule has 0 aromatic carbocycles. The molecule has 0 bridgehead atoms. The first-order chi connectivity index (χ1) is 14.5. The van der Waals surface area contributed by atoms with Crippen molar-refractivity contribution in [1.82, 2.24) is 0 Å². The Morgan fingerprint density at radius 3 is 2.32 bits per heavy atom. The predicted molar refractivity (Wildman–Crippen MR) is 114 cm³/mol. The van der Waals surface area contributed by atoms with Gasteiger partial charge in [-0.2, -0.15) is 0 Å². The Morgan fingerprint density at radius 1 is 1.03 bits per heavy atom. The van der Waals surface area contributed by atoms with Gasteiger partial charge in [-0.3, -0.25) is 14.4 Å². The van der Waals surface area contributed by atoms with Gasteiger partial charge in [0.05, 0.1) is 12.0 Å². The highest BCUT2D eigenvalue weighted by molar-refractivity contribution is 5.85. The van der Waals surface area contributed by atoms with Gasteiger partial charge in [0.2, 0.25) is 0 Å². The van der Waals surface area contributed by atoms with Gasteiger partial charge in [0.25, 0.3) is 0 Å². The minimum Gasteiger partial charge on any atom is -0.463 e. The first-order valence-corrected chi connectivity index (χ1v) is 12.0. The lowest BCUT2D eigenvalue weighted by atomic mass is 9.44. The number of ether oxygens (including phenoxy) is 2. The number of hydrogen-bond donors (Lipinski definition) is 1. The van der Waals surface area contributed by atoms with Gasteiger partial charge in [-0.15, -0.1) is 0 Å². The van der Waals surface area contributed by atoms with Crippen molar-refractivity contribution in [2.75, 3.05) is 0 Å². The normalized spacial score (nSPS) is 47.5. The number of rotatable bonds is 3. The van der Waals surface area contributed by atoms with Crippen LogP contribution < -0.4 is 0 Å². The lowest BCUT2D eigenvalue weighted by molar-refractivity contribution is -0.200. The third-order valence-corrected chi connectivity index (χ3v) is 9.74. The van der Waals surface area contributed by atoms with Crippen molar-refractivity contribution < 1.29 is 29.0 Å². The summed E-state index contributed by atoms with van der Waals surface area (Å²) in [7, 11) is 0. The van der Waals surface area contributed by atoms with E-state index in [0.29, 0.717) is 24.2 Å². The lowest BCUT2D eigenvalue weighted by Gasteiger charge is -2.62. The number of carbonyl (C=O) groups is 3. The van der Waals surface area contributed by atoms with Crippen LogP contribution in [0.5, 0.6) is 0 Å². The summed E-state index contributed by atoms with van der Waals surface area (Å²) in [5.41, 5.74) is -0.429. The van der Waals surface area contributed by atoms with E-state index in [1.807, 2.05) is 0 Å². The average molecular weight is 435 g/mol. The Hall–Kier alpha value is -1.43. The molecular formula is C25H38O6. The van der Waals surface area contributed by atoms with Gasteiger partial charge in [-0.05, 0) is 74.5 Å². The molecule has 4 fully saturated rings. The van der Waals surface area contributed by atoms with Crippen LogP contribution in [-0.4, -0.2) is 41.1 Å². The molecule has 4 aliphatic rings. The van der Waals surface area contributed by atoms with Crippen molar-refractivity contribution in [3.05, 3.63) is 0 Å². The van der Waals surface area contributed by atoms with Crippen molar-refractivity contribution in [1.29, 1.82) is 0 Å². The van der Waals surface area contributed by atoms with Crippen LogP contribution in [0.3, 0.4) is 0 Å². The van der Waals surface area contributed by atoms with E-state index in [0.717, 1.165) is 38.5 Å². The maximum Gasteiger partial charge on any atom is 0.302 e. The lowest BCUT2D eigenvalue weighted by Crippen LogP contribution is -2.60. The van der Waals surface area contributed by atoms with Gasteiger partial charge in [-0.25, -0.2) is 0 Å². The smallest absolute Gasteiger partial charge is 0.302 e. The van der Waals surface area contributed by atoms with Gasteiger partial charge in [0.15, 0.2) is 0 Å². The van der Waals surface area contributed by atoms with Crippen LogP contribution in [0.2, 0.25) is 0 Å². The van der Waals surface area contributed by atoms with Crippen molar-refractivity contribution in [2.45, 2.75) is 97.9 Å². The van der Waals surface area contributed by atoms with Crippen LogP contribution in [-0.2, 0) is 23.9 Å². The van der Waals surface area contributed by atoms with E-state index < -0.39 is 17.4 Å². The Morgan fingerprint density at radius 2 is 1.71 bits per heavy atom. The fraction of sp³-hybridized carbons (Fsp3) is 0.880. The summed E-state index contributed by atoms with van der Waals surface area (Å²) >= 11 is 0. The van der Waals surface area contributed by atoms with Crippen LogP contribution in [0.1, 0.15) is 79.6 Å². The zero-order chi connectivity index (χ0) is 22.7. The van der Waals surface area contributed by atoms with Crippen LogP contribution in [0.25, 0.3) is 0 Å². The van der Waals surface area contributed by atoms with Gasteiger partial charge in [-0.1, -0.05) is 13.8 Å². The number of hydrogen-bond acceptors (Lipinski definition) is 6. The number of aliphatic hydroxyl groups is 1. The van der Waals surface area contributed by atoms with Crippen LogP contribution in [0.4, 0.5) is 0 Å².